The van der Waals surface area contributed by atoms with Crippen LogP contribution in [-0.2, 0) is 5.41 Å². The van der Waals surface area contributed by atoms with Gasteiger partial charge in [-0.25, -0.2) is 4.79 Å². The molecule has 1 fully saturated rings. The summed E-state index contributed by atoms with van der Waals surface area (Å²) >= 11 is 0. The molecule has 4 nitrogen and oxygen atoms in total. The summed E-state index contributed by atoms with van der Waals surface area (Å²) in [6, 6.07) is 7.85. The highest BCUT2D eigenvalue weighted by Gasteiger charge is 2.46. The van der Waals surface area contributed by atoms with Crippen LogP contribution in [0.25, 0.3) is 0 Å². The molecule has 1 unspecified atom stereocenters. The van der Waals surface area contributed by atoms with Gasteiger partial charge in [-0.3, -0.25) is 4.90 Å². The van der Waals surface area contributed by atoms with Crippen molar-refractivity contribution < 1.29 is 9.90 Å². The fraction of sp³-hybridized carbons (Fsp3) is 0.417. The Morgan fingerprint density at radius 2 is 2.25 bits per heavy atom. The lowest BCUT2D eigenvalue weighted by atomic mass is 9.82. The fourth-order valence-electron chi connectivity index (χ4n) is 2.91. The van der Waals surface area contributed by atoms with E-state index in [0.29, 0.717) is 6.54 Å². The van der Waals surface area contributed by atoms with Crippen LogP contribution >= 0.6 is 0 Å². The molecule has 1 spiro atoms. The number of benzene rings is 1. The van der Waals surface area contributed by atoms with Crippen molar-refractivity contribution in [3.63, 3.8) is 0 Å². The Morgan fingerprint density at radius 1 is 1.44 bits per heavy atom. The van der Waals surface area contributed by atoms with E-state index in [4.69, 9.17) is 0 Å². The van der Waals surface area contributed by atoms with Gasteiger partial charge in [-0.15, -0.1) is 0 Å². The molecule has 1 aromatic carbocycles. The highest BCUT2D eigenvalue weighted by Crippen LogP contribution is 2.44. The number of carbonyl (C=O) groups is 1. The molecule has 0 bridgehead atoms. The Bertz CT molecular complexity index is 438. The number of carboxylic acid groups (broad SMARTS) is 1. The average molecular weight is 218 g/mol. The fourth-order valence-corrected chi connectivity index (χ4v) is 2.91. The third kappa shape index (κ3) is 1.16. The van der Waals surface area contributed by atoms with Crippen molar-refractivity contribution in [2.45, 2.75) is 11.8 Å². The van der Waals surface area contributed by atoms with Crippen molar-refractivity contribution in [3.8, 4) is 0 Å². The Labute approximate surface area is 93.9 Å². The number of nitrogens with zero attached hydrogens (tertiary/aromatic N) is 1. The number of fused-ring (bicyclic) bond motifs is 2. The Kier molecular flexibility index (Phi) is 1.94. The van der Waals surface area contributed by atoms with Crippen LogP contribution in [0.15, 0.2) is 24.3 Å². The number of nitrogens with one attached hydrogen (secondary N) is 1. The van der Waals surface area contributed by atoms with Gasteiger partial charge in [0.1, 0.15) is 0 Å². The molecule has 0 aliphatic carbocycles. The first-order valence-electron chi connectivity index (χ1n) is 5.54. The van der Waals surface area contributed by atoms with E-state index in [2.05, 4.69) is 11.4 Å². The molecule has 0 saturated carbocycles. The maximum Gasteiger partial charge on any atom is 0.411 e. The average Bonchev–Trinajstić information content (AvgIpc) is 2.87. The lowest BCUT2D eigenvalue weighted by Gasteiger charge is -2.22. The summed E-state index contributed by atoms with van der Waals surface area (Å²) in [7, 11) is 0. The van der Waals surface area contributed by atoms with Crippen LogP contribution in [0.1, 0.15) is 12.0 Å². The number of para-hydroxylation sites is 1. The third-order valence-corrected chi connectivity index (χ3v) is 3.70. The second kappa shape index (κ2) is 3.22. The van der Waals surface area contributed by atoms with Gasteiger partial charge >= 0.3 is 6.09 Å². The topological polar surface area (TPSA) is 52.6 Å². The molecule has 2 N–H and O–H groups in total. The minimum absolute atomic E-state index is 0.00891. The molecule has 0 radical (unpaired) electrons. The van der Waals surface area contributed by atoms with Crippen molar-refractivity contribution in [1.82, 2.24) is 5.32 Å². The molecular formula is C12H14N2O2. The maximum atomic E-state index is 11.2. The SMILES string of the molecule is O=C(O)N1CC2(CCNC2)c2ccccc21. The van der Waals surface area contributed by atoms with Crippen molar-refractivity contribution >= 4 is 11.8 Å². The number of hydrogen-bond donors (Lipinski definition) is 2. The van der Waals surface area contributed by atoms with E-state index in [1.54, 1.807) is 0 Å². The van der Waals surface area contributed by atoms with Crippen LogP contribution in [0.3, 0.4) is 0 Å². The highest BCUT2D eigenvalue weighted by molar-refractivity contribution is 5.90. The van der Waals surface area contributed by atoms with Gasteiger partial charge in [0.25, 0.3) is 0 Å². The molecule has 2 aliphatic rings. The molecular weight excluding hydrogens is 204 g/mol. The largest absolute Gasteiger partial charge is 0.465 e. The summed E-state index contributed by atoms with van der Waals surface area (Å²) in [6.45, 7) is 2.45. The number of rotatable bonds is 0. The van der Waals surface area contributed by atoms with Gasteiger partial charge < -0.3 is 10.4 Å². The van der Waals surface area contributed by atoms with Crippen LogP contribution < -0.4 is 10.2 Å². The smallest absolute Gasteiger partial charge is 0.411 e. The number of hydrogen-bond acceptors (Lipinski definition) is 2. The van der Waals surface area contributed by atoms with Crippen LogP contribution in [-0.4, -0.2) is 30.8 Å². The van der Waals surface area contributed by atoms with Crippen molar-refractivity contribution in [1.29, 1.82) is 0 Å². The molecule has 3 rings (SSSR count). The van der Waals surface area contributed by atoms with E-state index in [1.165, 1.54) is 10.5 Å². The molecule has 1 saturated heterocycles. The quantitative estimate of drug-likeness (QED) is 0.692. The van der Waals surface area contributed by atoms with Crippen LogP contribution in [0.5, 0.6) is 0 Å². The summed E-state index contributed by atoms with van der Waals surface area (Å²) in [4.78, 5) is 12.7. The lowest BCUT2D eigenvalue weighted by Crippen LogP contribution is -2.37. The molecule has 2 aliphatic heterocycles. The first-order chi connectivity index (χ1) is 7.73. The molecule has 1 atom stereocenters. The van der Waals surface area contributed by atoms with E-state index in [-0.39, 0.29) is 5.41 Å². The van der Waals surface area contributed by atoms with E-state index < -0.39 is 6.09 Å². The second-order valence-corrected chi connectivity index (χ2v) is 4.59. The zero-order valence-electron chi connectivity index (χ0n) is 8.94. The Morgan fingerprint density at radius 3 is 2.94 bits per heavy atom. The number of amides is 1. The summed E-state index contributed by atoms with van der Waals surface area (Å²) in [5, 5.41) is 12.5. The van der Waals surface area contributed by atoms with Gasteiger partial charge in [0.2, 0.25) is 0 Å². The predicted molar refractivity (Wildman–Crippen MR) is 61.0 cm³/mol. The van der Waals surface area contributed by atoms with Crippen LogP contribution in [0, 0.1) is 0 Å². The first-order valence-corrected chi connectivity index (χ1v) is 5.54. The minimum atomic E-state index is -0.851. The van der Waals surface area contributed by atoms with Gasteiger partial charge in [-0.1, -0.05) is 18.2 Å². The molecule has 16 heavy (non-hydrogen) atoms. The predicted octanol–water partition coefficient (Wildman–Crippen LogP) is 1.42. The van der Waals surface area contributed by atoms with Gasteiger partial charge in [-0.2, -0.15) is 0 Å². The standard InChI is InChI=1S/C12H14N2O2/c15-11(16)14-8-12(5-6-13-7-12)9-3-1-2-4-10(9)14/h1-4,13H,5-8H2,(H,15,16). The van der Waals surface area contributed by atoms with E-state index in [9.17, 15) is 9.90 Å². The monoisotopic (exact) mass is 218 g/mol. The third-order valence-electron chi connectivity index (χ3n) is 3.70. The van der Waals surface area contributed by atoms with Gasteiger partial charge in [0.05, 0.1) is 5.69 Å². The van der Waals surface area contributed by atoms with Crippen molar-refractivity contribution in [2.24, 2.45) is 0 Å². The molecule has 2 heterocycles. The normalized spacial score (nSPS) is 27.4. The van der Waals surface area contributed by atoms with E-state index >= 15 is 0 Å². The summed E-state index contributed by atoms with van der Waals surface area (Å²) in [6.07, 6.45) is 0.171. The lowest BCUT2D eigenvalue weighted by molar-refractivity contribution is 0.201. The highest BCUT2D eigenvalue weighted by atomic mass is 16.4. The second-order valence-electron chi connectivity index (χ2n) is 4.59. The van der Waals surface area contributed by atoms with Gasteiger partial charge in [-0.05, 0) is 24.6 Å². The van der Waals surface area contributed by atoms with Gasteiger partial charge in [0.15, 0.2) is 0 Å². The molecule has 0 aromatic heterocycles. The van der Waals surface area contributed by atoms with Gasteiger partial charge in [0, 0.05) is 18.5 Å². The minimum Gasteiger partial charge on any atom is -0.465 e. The summed E-state index contributed by atoms with van der Waals surface area (Å²) in [5.74, 6) is 0. The Balaban J connectivity index is 2.11. The maximum absolute atomic E-state index is 11.2. The Hall–Kier alpha value is -1.55. The van der Waals surface area contributed by atoms with Crippen molar-refractivity contribution in [3.05, 3.63) is 29.8 Å². The summed E-state index contributed by atoms with van der Waals surface area (Å²) < 4.78 is 0. The van der Waals surface area contributed by atoms with Crippen molar-refractivity contribution in [2.75, 3.05) is 24.5 Å². The number of anilines is 1. The molecule has 4 heteroatoms. The van der Waals surface area contributed by atoms with Crippen LogP contribution in [0.2, 0.25) is 0 Å². The van der Waals surface area contributed by atoms with E-state index in [1.807, 2.05) is 18.2 Å². The molecule has 1 amide bonds. The molecule has 1 aromatic rings. The zero-order valence-corrected chi connectivity index (χ0v) is 8.94. The first kappa shape index (κ1) is 9.66. The van der Waals surface area contributed by atoms with E-state index in [0.717, 1.165) is 25.2 Å². The summed E-state index contributed by atoms with van der Waals surface area (Å²) in [5.41, 5.74) is 2.05. The zero-order chi connectivity index (χ0) is 11.2. The van der Waals surface area contributed by atoms with Crippen LogP contribution in [0.4, 0.5) is 10.5 Å². The molecule has 84 valence electrons.